The second-order valence-electron chi connectivity index (χ2n) is 6.47. The van der Waals surface area contributed by atoms with E-state index in [0.29, 0.717) is 28.9 Å². The van der Waals surface area contributed by atoms with Crippen molar-refractivity contribution in [2.45, 2.75) is 12.5 Å². The second kappa shape index (κ2) is 7.34. The molecule has 1 unspecified atom stereocenters. The third kappa shape index (κ3) is 3.20. The number of hydrogen-bond donors (Lipinski definition) is 2. The average molecular weight is 396 g/mol. The van der Waals surface area contributed by atoms with Crippen LogP contribution in [0.2, 0.25) is 0 Å². The highest BCUT2D eigenvalue weighted by atomic mass is 16.5. The van der Waals surface area contributed by atoms with Gasteiger partial charge >= 0.3 is 0 Å². The van der Waals surface area contributed by atoms with Crippen LogP contribution in [0.25, 0.3) is 11.0 Å². The zero-order chi connectivity index (χ0) is 20.5. The van der Waals surface area contributed by atoms with Gasteiger partial charge in [-0.1, -0.05) is 12.1 Å². The maximum atomic E-state index is 12.7. The van der Waals surface area contributed by atoms with Crippen LogP contribution in [0.5, 0.6) is 17.2 Å². The van der Waals surface area contributed by atoms with Crippen LogP contribution in [-0.2, 0) is 9.59 Å². The van der Waals surface area contributed by atoms with Crippen molar-refractivity contribution < 1.29 is 23.8 Å². The van der Waals surface area contributed by atoms with Gasteiger partial charge in [-0.3, -0.25) is 19.5 Å². The molecule has 2 amide bonds. The molecule has 0 fully saturated rings. The molecule has 1 aliphatic heterocycles. The van der Waals surface area contributed by atoms with Gasteiger partial charge in [0.1, 0.15) is 6.04 Å². The Bertz CT molecular complexity index is 1080. The smallest absolute Gasteiger partial charge is 0.250 e. The van der Waals surface area contributed by atoms with Gasteiger partial charge in [-0.2, -0.15) is 0 Å². The first-order valence-electron chi connectivity index (χ1n) is 8.93. The molecule has 0 saturated carbocycles. The molecule has 0 spiro atoms. The van der Waals surface area contributed by atoms with E-state index in [9.17, 15) is 9.59 Å². The van der Waals surface area contributed by atoms with E-state index in [1.54, 1.807) is 16.7 Å². The molecule has 0 radical (unpaired) electrons. The van der Waals surface area contributed by atoms with Gasteiger partial charge in [0.05, 0.1) is 38.8 Å². The molecule has 9 nitrogen and oxygen atoms in total. The Morgan fingerprint density at radius 3 is 2.48 bits per heavy atom. The predicted octanol–water partition coefficient (Wildman–Crippen LogP) is 2.58. The van der Waals surface area contributed by atoms with E-state index in [4.69, 9.17) is 14.2 Å². The molecule has 9 heteroatoms. The summed E-state index contributed by atoms with van der Waals surface area (Å²) in [5, 5.41) is 5.53. The summed E-state index contributed by atoms with van der Waals surface area (Å²) in [7, 11) is 4.50. The summed E-state index contributed by atoms with van der Waals surface area (Å²) < 4.78 is 17.6. The van der Waals surface area contributed by atoms with Gasteiger partial charge in [0.15, 0.2) is 11.5 Å². The van der Waals surface area contributed by atoms with Gasteiger partial charge < -0.3 is 19.5 Å². The van der Waals surface area contributed by atoms with Crippen molar-refractivity contribution in [3.8, 4) is 17.2 Å². The summed E-state index contributed by atoms with van der Waals surface area (Å²) in [6.07, 6.45) is -0.0458. The van der Waals surface area contributed by atoms with Crippen LogP contribution < -0.4 is 24.8 Å². The largest absolute Gasteiger partial charge is 0.493 e. The van der Waals surface area contributed by atoms with Gasteiger partial charge in [-0.15, -0.1) is 0 Å². The number of benzene rings is 2. The standard InChI is InChI=1S/C20H20N4O5/c1-27-15-8-11(9-16(28-2)18(15)29-3)21-17(25)10-14-19(26)23-20-22-12-6-4-5-7-13(12)24(14)20/h4-9,14H,10H2,1-3H3,(H,21,25)(H,22,23,26). The van der Waals surface area contributed by atoms with E-state index in [1.165, 1.54) is 21.3 Å². The van der Waals surface area contributed by atoms with Crippen molar-refractivity contribution >= 4 is 34.5 Å². The third-order valence-corrected chi connectivity index (χ3v) is 4.77. The number of aromatic nitrogens is 2. The Balaban J connectivity index is 1.58. The number of para-hydroxylation sites is 2. The third-order valence-electron chi connectivity index (χ3n) is 4.77. The molecule has 150 valence electrons. The summed E-state index contributed by atoms with van der Waals surface area (Å²) >= 11 is 0. The summed E-state index contributed by atoms with van der Waals surface area (Å²) in [6.45, 7) is 0. The van der Waals surface area contributed by atoms with Crippen molar-refractivity contribution in [1.82, 2.24) is 9.55 Å². The van der Waals surface area contributed by atoms with E-state index in [0.717, 1.165) is 11.0 Å². The number of hydrogen-bond acceptors (Lipinski definition) is 6. The lowest BCUT2D eigenvalue weighted by Gasteiger charge is -2.15. The average Bonchev–Trinajstić information content (AvgIpc) is 3.22. The lowest BCUT2D eigenvalue weighted by atomic mass is 10.1. The zero-order valence-corrected chi connectivity index (χ0v) is 16.2. The van der Waals surface area contributed by atoms with Crippen LogP contribution in [0.1, 0.15) is 12.5 Å². The molecule has 1 atom stereocenters. The number of ether oxygens (including phenoxy) is 3. The zero-order valence-electron chi connectivity index (χ0n) is 16.2. The number of fused-ring (bicyclic) bond motifs is 3. The number of rotatable bonds is 6. The van der Waals surface area contributed by atoms with Crippen LogP contribution >= 0.6 is 0 Å². The molecular formula is C20H20N4O5. The number of carbonyl (C=O) groups excluding carboxylic acids is 2. The van der Waals surface area contributed by atoms with E-state index >= 15 is 0 Å². The highest BCUT2D eigenvalue weighted by Crippen LogP contribution is 2.40. The summed E-state index contributed by atoms with van der Waals surface area (Å²) in [6, 6.07) is 10.1. The second-order valence-corrected chi connectivity index (χ2v) is 6.47. The van der Waals surface area contributed by atoms with Crippen molar-refractivity contribution in [2.75, 3.05) is 32.0 Å². The SMILES string of the molecule is COc1cc(NC(=O)CC2C(=O)Nc3nc4ccccc4n32)cc(OC)c1OC. The molecule has 4 rings (SSSR count). The normalized spacial score (nSPS) is 15.0. The molecule has 29 heavy (non-hydrogen) atoms. The number of anilines is 2. The number of methoxy groups -OCH3 is 3. The number of nitrogens with zero attached hydrogens (tertiary/aromatic N) is 2. The van der Waals surface area contributed by atoms with Crippen LogP contribution in [-0.4, -0.2) is 42.7 Å². The number of nitrogens with one attached hydrogen (secondary N) is 2. The Hall–Kier alpha value is -3.75. The van der Waals surface area contributed by atoms with Gasteiger partial charge in [0, 0.05) is 17.8 Å². The molecule has 2 aromatic carbocycles. The monoisotopic (exact) mass is 396 g/mol. The fraction of sp³-hybridized carbons (Fsp3) is 0.250. The Labute approximate surface area is 166 Å². The van der Waals surface area contributed by atoms with Crippen molar-refractivity contribution in [3.63, 3.8) is 0 Å². The van der Waals surface area contributed by atoms with Gasteiger partial charge in [-0.25, -0.2) is 4.98 Å². The van der Waals surface area contributed by atoms with Crippen LogP contribution in [0.15, 0.2) is 36.4 Å². The van der Waals surface area contributed by atoms with E-state index in [2.05, 4.69) is 15.6 Å². The Morgan fingerprint density at radius 2 is 1.83 bits per heavy atom. The molecule has 2 N–H and O–H groups in total. The molecule has 1 aromatic heterocycles. The molecule has 0 aliphatic carbocycles. The summed E-state index contributed by atoms with van der Waals surface area (Å²) in [5.74, 6) is 1.12. The van der Waals surface area contributed by atoms with Crippen LogP contribution in [0.3, 0.4) is 0 Å². The first-order chi connectivity index (χ1) is 14.0. The van der Waals surface area contributed by atoms with Gasteiger partial charge in [-0.05, 0) is 12.1 Å². The summed E-state index contributed by atoms with van der Waals surface area (Å²) in [4.78, 5) is 29.5. The topological polar surface area (TPSA) is 104 Å². The van der Waals surface area contributed by atoms with Gasteiger partial charge in [0.2, 0.25) is 23.5 Å². The van der Waals surface area contributed by atoms with E-state index in [1.807, 2.05) is 24.3 Å². The molecule has 2 heterocycles. The van der Waals surface area contributed by atoms with Gasteiger partial charge in [0.25, 0.3) is 0 Å². The minimum atomic E-state index is -0.681. The highest BCUT2D eigenvalue weighted by molar-refractivity contribution is 6.03. The molecular weight excluding hydrogens is 376 g/mol. The predicted molar refractivity (Wildman–Crippen MR) is 107 cm³/mol. The highest BCUT2D eigenvalue weighted by Gasteiger charge is 2.34. The molecule has 1 aliphatic rings. The maximum Gasteiger partial charge on any atom is 0.250 e. The lowest BCUT2D eigenvalue weighted by molar-refractivity contribution is -0.123. The number of amides is 2. The quantitative estimate of drug-likeness (QED) is 0.664. The first kappa shape index (κ1) is 18.6. The Kier molecular flexibility index (Phi) is 4.71. The molecule has 0 saturated heterocycles. The van der Waals surface area contributed by atoms with Crippen LogP contribution in [0.4, 0.5) is 11.6 Å². The van der Waals surface area contributed by atoms with Crippen LogP contribution in [0, 0.1) is 0 Å². The molecule has 0 bridgehead atoms. The Morgan fingerprint density at radius 1 is 1.14 bits per heavy atom. The number of carbonyl (C=O) groups is 2. The number of imidazole rings is 1. The van der Waals surface area contributed by atoms with E-state index < -0.39 is 6.04 Å². The minimum absolute atomic E-state index is 0.0458. The maximum absolute atomic E-state index is 12.7. The first-order valence-corrected chi connectivity index (χ1v) is 8.93. The van der Waals surface area contributed by atoms with Crippen molar-refractivity contribution in [2.24, 2.45) is 0 Å². The lowest BCUT2D eigenvalue weighted by Crippen LogP contribution is -2.23. The van der Waals surface area contributed by atoms with Crippen molar-refractivity contribution in [1.29, 1.82) is 0 Å². The summed E-state index contributed by atoms with van der Waals surface area (Å²) in [5.41, 5.74) is 2.03. The minimum Gasteiger partial charge on any atom is -0.493 e. The fourth-order valence-electron chi connectivity index (χ4n) is 3.48. The molecule has 3 aromatic rings. The van der Waals surface area contributed by atoms with Crippen molar-refractivity contribution in [3.05, 3.63) is 36.4 Å². The fourth-order valence-corrected chi connectivity index (χ4v) is 3.48. The van der Waals surface area contributed by atoms with E-state index in [-0.39, 0.29) is 18.2 Å².